The first-order valence-corrected chi connectivity index (χ1v) is 8.10. The fourth-order valence-corrected chi connectivity index (χ4v) is 2.67. The summed E-state index contributed by atoms with van der Waals surface area (Å²) < 4.78 is 5.72. The van der Waals surface area contributed by atoms with Crippen molar-refractivity contribution in [3.63, 3.8) is 0 Å². The lowest BCUT2D eigenvalue weighted by molar-refractivity contribution is -0.118. The Kier molecular flexibility index (Phi) is 5.99. The fourth-order valence-electron chi connectivity index (χ4n) is 2.67. The van der Waals surface area contributed by atoms with Crippen molar-refractivity contribution in [1.82, 2.24) is 4.90 Å². The van der Waals surface area contributed by atoms with Gasteiger partial charge in [-0.25, -0.2) is 0 Å². The van der Waals surface area contributed by atoms with Crippen LogP contribution in [0.3, 0.4) is 0 Å². The molecule has 0 atom stereocenters. The summed E-state index contributed by atoms with van der Waals surface area (Å²) in [6, 6.07) is 12.0. The second-order valence-electron chi connectivity index (χ2n) is 6.46. The number of ether oxygens (including phenoxy) is 1. The number of anilines is 1. The summed E-state index contributed by atoms with van der Waals surface area (Å²) in [5.74, 6) is 0.631. The van der Waals surface area contributed by atoms with Gasteiger partial charge in [0.15, 0.2) is 6.61 Å². The number of benzene rings is 2. The normalized spacial score (nSPS) is 10.8. The van der Waals surface area contributed by atoms with Crippen LogP contribution in [0.1, 0.15) is 22.3 Å². The standard InChI is InChI=1S/C20H26N2O2/c1-14-9-10-18(17(11-14)12-22(4)5)21-19(23)13-24-20-15(2)7-6-8-16(20)3/h6-11H,12-13H2,1-5H3,(H,21,23). The SMILES string of the molecule is Cc1ccc(NC(=O)COc2c(C)cccc2C)c(CN(C)C)c1. The first-order valence-electron chi connectivity index (χ1n) is 8.10. The molecule has 4 nitrogen and oxygen atoms in total. The predicted octanol–water partition coefficient (Wildman–Crippen LogP) is 3.69. The lowest BCUT2D eigenvalue weighted by Crippen LogP contribution is -2.22. The second-order valence-corrected chi connectivity index (χ2v) is 6.46. The van der Waals surface area contributed by atoms with Crippen LogP contribution in [0.4, 0.5) is 5.69 Å². The lowest BCUT2D eigenvalue weighted by atomic mass is 10.1. The number of amides is 1. The van der Waals surface area contributed by atoms with E-state index in [9.17, 15) is 4.79 Å². The van der Waals surface area contributed by atoms with Crippen LogP contribution >= 0.6 is 0 Å². The van der Waals surface area contributed by atoms with Crippen molar-refractivity contribution >= 4 is 11.6 Å². The quantitative estimate of drug-likeness (QED) is 0.880. The molecule has 0 aliphatic heterocycles. The summed E-state index contributed by atoms with van der Waals surface area (Å²) in [7, 11) is 4.02. The Labute approximate surface area is 144 Å². The molecule has 0 saturated carbocycles. The third-order valence-corrected chi connectivity index (χ3v) is 3.78. The van der Waals surface area contributed by atoms with E-state index in [2.05, 4.69) is 23.2 Å². The van der Waals surface area contributed by atoms with E-state index in [4.69, 9.17) is 4.74 Å². The molecule has 128 valence electrons. The summed E-state index contributed by atoms with van der Waals surface area (Å²) in [6.07, 6.45) is 0. The molecule has 2 aromatic carbocycles. The molecule has 0 spiro atoms. The summed E-state index contributed by atoms with van der Waals surface area (Å²) in [5.41, 5.74) is 5.18. The molecule has 0 fully saturated rings. The van der Waals surface area contributed by atoms with Crippen molar-refractivity contribution in [2.75, 3.05) is 26.0 Å². The number of nitrogens with one attached hydrogen (secondary N) is 1. The number of hydrogen-bond donors (Lipinski definition) is 1. The molecular weight excluding hydrogens is 300 g/mol. The molecule has 0 heterocycles. The van der Waals surface area contributed by atoms with E-state index in [-0.39, 0.29) is 12.5 Å². The number of carbonyl (C=O) groups is 1. The minimum absolute atomic E-state index is 0.000966. The molecule has 24 heavy (non-hydrogen) atoms. The molecule has 2 aromatic rings. The molecule has 4 heteroatoms. The number of para-hydroxylation sites is 1. The maximum atomic E-state index is 12.3. The first kappa shape index (κ1) is 18.0. The summed E-state index contributed by atoms with van der Waals surface area (Å²) >= 11 is 0. The Morgan fingerprint density at radius 1 is 1.08 bits per heavy atom. The molecule has 2 rings (SSSR count). The zero-order valence-corrected chi connectivity index (χ0v) is 15.1. The van der Waals surface area contributed by atoms with Crippen LogP contribution in [0.15, 0.2) is 36.4 Å². The van der Waals surface area contributed by atoms with Gasteiger partial charge >= 0.3 is 0 Å². The Hall–Kier alpha value is -2.33. The number of nitrogens with zero attached hydrogens (tertiary/aromatic N) is 1. The van der Waals surface area contributed by atoms with Crippen molar-refractivity contribution in [2.24, 2.45) is 0 Å². The molecule has 0 aromatic heterocycles. The van der Waals surface area contributed by atoms with Crippen LogP contribution in [-0.2, 0) is 11.3 Å². The lowest BCUT2D eigenvalue weighted by Gasteiger charge is -2.16. The van der Waals surface area contributed by atoms with E-state index in [1.54, 1.807) is 0 Å². The smallest absolute Gasteiger partial charge is 0.262 e. The minimum atomic E-state index is -0.151. The van der Waals surface area contributed by atoms with E-state index < -0.39 is 0 Å². The molecule has 1 N–H and O–H groups in total. The van der Waals surface area contributed by atoms with Crippen LogP contribution in [0.2, 0.25) is 0 Å². The highest BCUT2D eigenvalue weighted by Gasteiger charge is 2.10. The third kappa shape index (κ3) is 4.83. The molecule has 0 unspecified atom stereocenters. The van der Waals surface area contributed by atoms with Crippen molar-refractivity contribution in [1.29, 1.82) is 0 Å². The van der Waals surface area contributed by atoms with Crippen LogP contribution < -0.4 is 10.1 Å². The number of hydrogen-bond acceptors (Lipinski definition) is 3. The maximum absolute atomic E-state index is 12.3. The van der Waals surface area contributed by atoms with Crippen LogP contribution in [-0.4, -0.2) is 31.5 Å². The largest absolute Gasteiger partial charge is 0.483 e. The van der Waals surface area contributed by atoms with Gasteiger partial charge in [0.25, 0.3) is 5.91 Å². The predicted molar refractivity (Wildman–Crippen MR) is 98.6 cm³/mol. The highest BCUT2D eigenvalue weighted by molar-refractivity contribution is 5.92. The molecule has 0 radical (unpaired) electrons. The van der Waals surface area contributed by atoms with Gasteiger partial charge in [-0.1, -0.05) is 35.9 Å². The topological polar surface area (TPSA) is 41.6 Å². The molecule has 0 bridgehead atoms. The molecular formula is C20H26N2O2. The van der Waals surface area contributed by atoms with Gasteiger partial charge in [-0.15, -0.1) is 0 Å². The van der Waals surface area contributed by atoms with Gasteiger partial charge in [-0.3, -0.25) is 4.79 Å². The summed E-state index contributed by atoms with van der Waals surface area (Å²) in [5, 5.41) is 2.96. The average molecular weight is 326 g/mol. The summed E-state index contributed by atoms with van der Waals surface area (Å²) in [4.78, 5) is 14.4. The highest BCUT2D eigenvalue weighted by atomic mass is 16.5. The number of carbonyl (C=O) groups excluding carboxylic acids is 1. The van der Waals surface area contributed by atoms with E-state index >= 15 is 0 Å². The van der Waals surface area contributed by atoms with Crippen LogP contribution in [0.5, 0.6) is 5.75 Å². The van der Waals surface area contributed by atoms with Gasteiger partial charge in [0.05, 0.1) is 0 Å². The Balaban J connectivity index is 2.05. The van der Waals surface area contributed by atoms with Gasteiger partial charge < -0.3 is 15.0 Å². The number of aryl methyl sites for hydroxylation is 3. The van der Waals surface area contributed by atoms with Gasteiger partial charge in [0.1, 0.15) is 5.75 Å². The van der Waals surface area contributed by atoms with Crippen molar-refractivity contribution in [3.8, 4) is 5.75 Å². The Morgan fingerprint density at radius 2 is 1.75 bits per heavy atom. The van der Waals surface area contributed by atoms with Crippen molar-refractivity contribution in [2.45, 2.75) is 27.3 Å². The van der Waals surface area contributed by atoms with E-state index in [1.807, 2.05) is 58.3 Å². The van der Waals surface area contributed by atoms with E-state index in [0.717, 1.165) is 34.7 Å². The van der Waals surface area contributed by atoms with Gasteiger partial charge in [0, 0.05) is 12.2 Å². The summed E-state index contributed by atoms with van der Waals surface area (Å²) in [6.45, 7) is 6.79. The van der Waals surface area contributed by atoms with Gasteiger partial charge in [-0.05, 0) is 57.6 Å². The fraction of sp³-hybridized carbons (Fsp3) is 0.350. The van der Waals surface area contributed by atoms with Crippen molar-refractivity contribution in [3.05, 3.63) is 58.7 Å². The molecule has 0 aliphatic rings. The monoisotopic (exact) mass is 326 g/mol. The number of rotatable bonds is 6. The second kappa shape index (κ2) is 7.97. The molecule has 0 saturated heterocycles. The first-order chi connectivity index (χ1) is 11.4. The Bertz CT molecular complexity index is 703. The van der Waals surface area contributed by atoms with Crippen LogP contribution in [0.25, 0.3) is 0 Å². The van der Waals surface area contributed by atoms with E-state index in [1.165, 1.54) is 5.56 Å². The average Bonchev–Trinajstić information content (AvgIpc) is 2.49. The minimum Gasteiger partial charge on any atom is -0.483 e. The highest BCUT2D eigenvalue weighted by Crippen LogP contribution is 2.23. The zero-order valence-electron chi connectivity index (χ0n) is 15.1. The van der Waals surface area contributed by atoms with Crippen molar-refractivity contribution < 1.29 is 9.53 Å². The molecule has 0 aliphatic carbocycles. The van der Waals surface area contributed by atoms with E-state index in [0.29, 0.717) is 0 Å². The molecule has 1 amide bonds. The third-order valence-electron chi connectivity index (χ3n) is 3.78. The maximum Gasteiger partial charge on any atom is 0.262 e. The Morgan fingerprint density at radius 3 is 2.38 bits per heavy atom. The van der Waals surface area contributed by atoms with Crippen LogP contribution in [0, 0.1) is 20.8 Å². The van der Waals surface area contributed by atoms with Gasteiger partial charge in [0.2, 0.25) is 0 Å². The van der Waals surface area contributed by atoms with Gasteiger partial charge in [-0.2, -0.15) is 0 Å². The zero-order chi connectivity index (χ0) is 17.7.